The molecule has 3 heterocycles. The zero-order chi connectivity index (χ0) is 11.5. The minimum absolute atomic E-state index is 0.990. The maximum atomic E-state index is 4.68. The van der Waals surface area contributed by atoms with E-state index < -0.39 is 0 Å². The highest BCUT2D eigenvalue weighted by molar-refractivity contribution is 6.04. The number of pyridine rings is 1. The molecule has 1 aromatic rings. The van der Waals surface area contributed by atoms with Crippen LogP contribution in [0.15, 0.2) is 23.3 Å². The van der Waals surface area contributed by atoms with Crippen molar-refractivity contribution in [2.45, 2.75) is 32.1 Å². The van der Waals surface area contributed by atoms with E-state index in [-0.39, 0.29) is 0 Å². The summed E-state index contributed by atoms with van der Waals surface area (Å²) in [5.74, 6) is 1.16. The Balaban J connectivity index is 1.94. The fourth-order valence-corrected chi connectivity index (χ4v) is 2.72. The smallest absolute Gasteiger partial charge is 0.137 e. The number of rotatable bonds is 2. The van der Waals surface area contributed by atoms with Crippen LogP contribution in [0.2, 0.25) is 0 Å². The fraction of sp³-hybridized carbons (Fsp3) is 0.571. The predicted molar refractivity (Wildman–Crippen MR) is 70.9 cm³/mol. The van der Waals surface area contributed by atoms with Crippen molar-refractivity contribution in [2.75, 3.05) is 24.5 Å². The third kappa shape index (κ3) is 2.19. The average molecular weight is 229 g/mol. The molecule has 0 N–H and O–H groups in total. The van der Waals surface area contributed by atoms with Crippen LogP contribution in [0.1, 0.15) is 37.7 Å². The van der Waals surface area contributed by atoms with Crippen LogP contribution >= 0.6 is 0 Å². The molecule has 0 amide bonds. The highest BCUT2D eigenvalue weighted by Gasteiger charge is 2.19. The average Bonchev–Trinajstić information content (AvgIpc) is 2.94. The highest BCUT2D eigenvalue weighted by atomic mass is 15.2. The summed E-state index contributed by atoms with van der Waals surface area (Å²) in [4.78, 5) is 11.7. The molecule has 2 aliphatic rings. The van der Waals surface area contributed by atoms with Gasteiger partial charge in [0.15, 0.2) is 0 Å². The first-order valence-corrected chi connectivity index (χ1v) is 6.69. The Morgan fingerprint density at radius 1 is 1.06 bits per heavy atom. The quantitative estimate of drug-likeness (QED) is 0.780. The minimum Gasteiger partial charge on any atom is -0.356 e. The highest BCUT2D eigenvalue weighted by Crippen LogP contribution is 2.25. The van der Waals surface area contributed by atoms with E-state index in [0.29, 0.717) is 0 Å². The van der Waals surface area contributed by atoms with Gasteiger partial charge in [-0.05, 0) is 44.2 Å². The molecule has 0 atom stereocenters. The number of hydrogen-bond acceptors (Lipinski definition) is 3. The molecule has 0 saturated carbocycles. The molecule has 0 aliphatic carbocycles. The van der Waals surface area contributed by atoms with Gasteiger partial charge in [-0.25, -0.2) is 4.98 Å². The Morgan fingerprint density at radius 3 is 2.71 bits per heavy atom. The van der Waals surface area contributed by atoms with Gasteiger partial charge in [-0.3, -0.25) is 4.99 Å². The lowest BCUT2D eigenvalue weighted by Crippen LogP contribution is -2.22. The van der Waals surface area contributed by atoms with Crippen molar-refractivity contribution < 1.29 is 0 Å². The van der Waals surface area contributed by atoms with E-state index in [1.54, 1.807) is 0 Å². The van der Waals surface area contributed by atoms with Gasteiger partial charge >= 0.3 is 0 Å². The molecule has 1 aromatic heterocycles. The van der Waals surface area contributed by atoms with Crippen molar-refractivity contribution >= 4 is 11.5 Å². The summed E-state index contributed by atoms with van der Waals surface area (Å²) < 4.78 is 0. The standard InChI is InChI=1S/C14H19N3/c1-2-8-15-13(7-1)12-6-5-9-16-14(12)17-10-3-4-11-17/h5-6,9H,1-4,7-8,10-11H2. The van der Waals surface area contributed by atoms with Crippen molar-refractivity contribution in [3.63, 3.8) is 0 Å². The topological polar surface area (TPSA) is 28.5 Å². The van der Waals surface area contributed by atoms with Gasteiger partial charge in [-0.1, -0.05) is 0 Å². The Bertz CT molecular complexity index is 419. The lowest BCUT2D eigenvalue weighted by atomic mass is 10.0. The first-order chi connectivity index (χ1) is 8.45. The van der Waals surface area contributed by atoms with Gasteiger partial charge in [0, 0.05) is 37.1 Å². The fourth-order valence-electron chi connectivity index (χ4n) is 2.72. The van der Waals surface area contributed by atoms with Gasteiger partial charge in [-0.2, -0.15) is 0 Å². The van der Waals surface area contributed by atoms with Crippen molar-refractivity contribution in [3.8, 4) is 0 Å². The van der Waals surface area contributed by atoms with E-state index in [9.17, 15) is 0 Å². The lowest BCUT2D eigenvalue weighted by Gasteiger charge is -2.21. The van der Waals surface area contributed by atoms with Crippen LogP contribution in [0.3, 0.4) is 0 Å². The summed E-state index contributed by atoms with van der Waals surface area (Å²) in [7, 11) is 0. The summed E-state index contributed by atoms with van der Waals surface area (Å²) in [6.07, 6.45) is 8.12. The van der Waals surface area contributed by atoms with Gasteiger partial charge in [0.1, 0.15) is 5.82 Å². The third-order valence-electron chi connectivity index (χ3n) is 3.63. The molecule has 3 heteroatoms. The van der Waals surface area contributed by atoms with E-state index in [0.717, 1.165) is 31.9 Å². The molecule has 0 unspecified atom stereocenters. The van der Waals surface area contributed by atoms with Crippen LogP contribution in [-0.2, 0) is 0 Å². The summed E-state index contributed by atoms with van der Waals surface area (Å²) >= 11 is 0. The minimum atomic E-state index is 0.990. The molecular formula is C14H19N3. The molecule has 1 fully saturated rings. The molecule has 0 radical (unpaired) electrons. The second-order valence-electron chi connectivity index (χ2n) is 4.85. The van der Waals surface area contributed by atoms with Crippen LogP contribution in [0.4, 0.5) is 5.82 Å². The third-order valence-corrected chi connectivity index (χ3v) is 3.63. The van der Waals surface area contributed by atoms with E-state index in [1.165, 1.54) is 37.0 Å². The lowest BCUT2D eigenvalue weighted by molar-refractivity contribution is 0.738. The van der Waals surface area contributed by atoms with Gasteiger partial charge < -0.3 is 4.90 Å². The van der Waals surface area contributed by atoms with E-state index in [4.69, 9.17) is 0 Å². The van der Waals surface area contributed by atoms with Gasteiger partial charge in [0.25, 0.3) is 0 Å². The molecule has 90 valence electrons. The van der Waals surface area contributed by atoms with Crippen molar-refractivity contribution in [1.82, 2.24) is 4.98 Å². The van der Waals surface area contributed by atoms with Crippen LogP contribution in [-0.4, -0.2) is 30.3 Å². The zero-order valence-corrected chi connectivity index (χ0v) is 10.2. The van der Waals surface area contributed by atoms with Crippen molar-refractivity contribution in [3.05, 3.63) is 23.9 Å². The molecule has 17 heavy (non-hydrogen) atoms. The number of hydrogen-bond donors (Lipinski definition) is 0. The van der Waals surface area contributed by atoms with E-state index >= 15 is 0 Å². The second-order valence-corrected chi connectivity index (χ2v) is 4.85. The molecule has 0 bridgehead atoms. The van der Waals surface area contributed by atoms with Gasteiger partial charge in [0.05, 0.1) is 0 Å². The Labute approximate surface area is 103 Å². The Morgan fingerprint density at radius 2 is 1.94 bits per heavy atom. The molecule has 3 nitrogen and oxygen atoms in total. The van der Waals surface area contributed by atoms with Crippen molar-refractivity contribution in [2.24, 2.45) is 4.99 Å². The van der Waals surface area contributed by atoms with E-state index in [2.05, 4.69) is 20.9 Å². The predicted octanol–water partition coefficient (Wildman–Crippen LogP) is 2.65. The Hall–Kier alpha value is -1.38. The summed E-state index contributed by atoms with van der Waals surface area (Å²) in [6, 6.07) is 4.22. The number of nitrogens with zero attached hydrogens (tertiary/aromatic N) is 3. The monoisotopic (exact) mass is 229 g/mol. The van der Waals surface area contributed by atoms with Crippen LogP contribution < -0.4 is 4.90 Å². The molecule has 2 aliphatic heterocycles. The van der Waals surface area contributed by atoms with E-state index in [1.807, 2.05) is 12.3 Å². The number of aromatic nitrogens is 1. The Kier molecular flexibility index (Phi) is 3.08. The van der Waals surface area contributed by atoms with Gasteiger partial charge in [-0.15, -0.1) is 0 Å². The SMILES string of the molecule is c1cnc(N2CCCC2)c(C2=NCCCC2)c1. The summed E-state index contributed by atoms with van der Waals surface area (Å²) in [6.45, 7) is 3.29. The summed E-state index contributed by atoms with van der Waals surface area (Å²) in [5.41, 5.74) is 2.54. The van der Waals surface area contributed by atoms with Gasteiger partial charge in [0.2, 0.25) is 0 Å². The number of anilines is 1. The maximum Gasteiger partial charge on any atom is 0.137 e. The normalized spacial score (nSPS) is 20.5. The molecular weight excluding hydrogens is 210 g/mol. The second kappa shape index (κ2) is 4.86. The maximum absolute atomic E-state index is 4.68. The molecule has 0 spiro atoms. The largest absolute Gasteiger partial charge is 0.356 e. The molecule has 3 rings (SSSR count). The summed E-state index contributed by atoms with van der Waals surface area (Å²) in [5, 5.41) is 0. The zero-order valence-electron chi connectivity index (χ0n) is 10.2. The first kappa shape index (κ1) is 10.8. The first-order valence-electron chi connectivity index (χ1n) is 6.69. The van der Waals surface area contributed by atoms with Crippen LogP contribution in [0.5, 0.6) is 0 Å². The van der Waals surface area contributed by atoms with Crippen LogP contribution in [0, 0.1) is 0 Å². The van der Waals surface area contributed by atoms with Crippen molar-refractivity contribution in [1.29, 1.82) is 0 Å². The molecule has 1 saturated heterocycles. The van der Waals surface area contributed by atoms with Crippen LogP contribution in [0.25, 0.3) is 0 Å². The molecule has 0 aromatic carbocycles. The number of aliphatic imine (C=N–C) groups is 1.